The van der Waals surface area contributed by atoms with Gasteiger partial charge in [0, 0.05) is 22.2 Å². The molecule has 0 aliphatic rings. The van der Waals surface area contributed by atoms with Gasteiger partial charge in [-0.05, 0) is 24.5 Å². The summed E-state index contributed by atoms with van der Waals surface area (Å²) >= 11 is 0. The van der Waals surface area contributed by atoms with E-state index in [2.05, 4.69) is 18.0 Å². The number of aryl methyl sites for hydroxylation is 1. The van der Waals surface area contributed by atoms with Crippen LogP contribution in [0.1, 0.15) is 50.1 Å². The molecule has 0 radical (unpaired) electrons. The van der Waals surface area contributed by atoms with E-state index >= 15 is 0 Å². The molecule has 1 unspecified atom stereocenters. The second-order valence-electron chi connectivity index (χ2n) is 5.33. The second-order valence-corrected chi connectivity index (χ2v) is 5.33. The molecule has 1 atom stereocenters. The third-order valence-corrected chi connectivity index (χ3v) is 3.48. The minimum atomic E-state index is -0.469. The number of hydrogen-bond acceptors (Lipinski definition) is 2. The van der Waals surface area contributed by atoms with Crippen molar-refractivity contribution >= 4 is 10.9 Å². The molecule has 19 heavy (non-hydrogen) atoms. The first-order chi connectivity index (χ1) is 9.08. The van der Waals surface area contributed by atoms with E-state index in [1.54, 1.807) is 0 Å². The molecule has 0 aliphatic carbocycles. The van der Waals surface area contributed by atoms with Crippen LogP contribution in [0.25, 0.3) is 10.9 Å². The number of aromatic amines is 1. The Labute approximate surface area is 113 Å². The zero-order chi connectivity index (χ0) is 14.0. The topological polar surface area (TPSA) is 59.8 Å². The monoisotopic (exact) mass is 256 g/mol. The molecule has 0 saturated carbocycles. The number of H-pyrrole nitrogens is 1. The van der Waals surface area contributed by atoms with Crippen LogP contribution >= 0.6 is 0 Å². The number of hydrogen-bond donors (Lipinski definition) is 2. The lowest BCUT2D eigenvalue weighted by atomic mass is 9.95. The third kappa shape index (κ3) is 2.50. The Kier molecular flexibility index (Phi) is 3.92. The van der Waals surface area contributed by atoms with Crippen LogP contribution in [-0.2, 0) is 6.42 Å². The fraction of sp³-hybridized carbons (Fsp3) is 0.438. The van der Waals surface area contributed by atoms with E-state index in [9.17, 15) is 5.11 Å². The largest absolute Gasteiger partial charge is 0.388 e. The predicted octanol–water partition coefficient (Wildman–Crippen LogP) is 3.68. The van der Waals surface area contributed by atoms with Crippen LogP contribution in [0.5, 0.6) is 0 Å². The Morgan fingerprint density at radius 1 is 1.37 bits per heavy atom. The van der Waals surface area contributed by atoms with E-state index in [0.717, 1.165) is 35.0 Å². The number of aromatic nitrogens is 1. The zero-order valence-corrected chi connectivity index (χ0v) is 11.7. The van der Waals surface area contributed by atoms with Gasteiger partial charge in [-0.25, -0.2) is 0 Å². The Morgan fingerprint density at radius 2 is 2.11 bits per heavy atom. The number of aliphatic hydroxyl groups excluding tert-OH is 1. The van der Waals surface area contributed by atoms with Crippen LogP contribution < -0.4 is 0 Å². The molecule has 3 nitrogen and oxygen atoms in total. The Bertz CT molecular complexity index is 619. The van der Waals surface area contributed by atoms with Gasteiger partial charge in [0.1, 0.15) is 0 Å². The van der Waals surface area contributed by atoms with E-state index in [0.29, 0.717) is 5.56 Å². The number of nitrogens with one attached hydrogen (secondary N) is 1. The van der Waals surface area contributed by atoms with Crippen LogP contribution in [0.15, 0.2) is 18.2 Å². The number of nitrogens with zero attached hydrogens (tertiary/aromatic N) is 1. The molecule has 2 aromatic rings. The first kappa shape index (κ1) is 13.6. The van der Waals surface area contributed by atoms with E-state index in [4.69, 9.17) is 5.26 Å². The van der Waals surface area contributed by atoms with Gasteiger partial charge >= 0.3 is 0 Å². The maximum Gasteiger partial charge on any atom is 0.0992 e. The van der Waals surface area contributed by atoms with E-state index < -0.39 is 6.10 Å². The van der Waals surface area contributed by atoms with Gasteiger partial charge in [-0.3, -0.25) is 0 Å². The molecule has 100 valence electrons. The van der Waals surface area contributed by atoms with Crippen LogP contribution in [0.3, 0.4) is 0 Å². The molecule has 2 N–H and O–H groups in total. The summed E-state index contributed by atoms with van der Waals surface area (Å²) in [5.41, 5.74) is 3.67. The Hall–Kier alpha value is -1.79. The highest BCUT2D eigenvalue weighted by Crippen LogP contribution is 2.33. The van der Waals surface area contributed by atoms with Gasteiger partial charge in [0.2, 0.25) is 0 Å². The van der Waals surface area contributed by atoms with Gasteiger partial charge in [0.05, 0.1) is 17.7 Å². The molecule has 1 aromatic heterocycles. The smallest absolute Gasteiger partial charge is 0.0992 e. The highest BCUT2D eigenvalue weighted by Gasteiger charge is 2.21. The zero-order valence-electron chi connectivity index (χ0n) is 11.7. The summed E-state index contributed by atoms with van der Waals surface area (Å²) in [4.78, 5) is 3.36. The molecule has 0 spiro atoms. The van der Waals surface area contributed by atoms with Crippen LogP contribution in [-0.4, -0.2) is 10.1 Å². The summed E-state index contributed by atoms with van der Waals surface area (Å²) < 4.78 is 0. The van der Waals surface area contributed by atoms with Gasteiger partial charge in [-0.2, -0.15) is 5.26 Å². The summed E-state index contributed by atoms with van der Waals surface area (Å²) in [6.07, 6.45) is 1.47. The Morgan fingerprint density at radius 3 is 2.68 bits per heavy atom. The first-order valence-corrected chi connectivity index (χ1v) is 6.81. The molecule has 1 aromatic carbocycles. The van der Waals surface area contributed by atoms with Crippen molar-refractivity contribution in [3.63, 3.8) is 0 Å². The van der Waals surface area contributed by atoms with E-state index in [1.807, 2.05) is 32.0 Å². The van der Waals surface area contributed by atoms with Gasteiger partial charge in [-0.15, -0.1) is 0 Å². The van der Waals surface area contributed by atoms with Crippen molar-refractivity contribution in [2.75, 3.05) is 0 Å². The second kappa shape index (κ2) is 5.46. The molecule has 0 saturated heterocycles. The lowest BCUT2D eigenvalue weighted by Crippen LogP contribution is -2.07. The molecular formula is C16H20N2O. The standard InChI is InChI=1S/C16H20N2O/c1-4-5-13-15(16(19)10(2)3)12-7-6-11(9-17)8-14(12)18-13/h6-8,10,16,18-19H,4-5H2,1-3H3. The maximum atomic E-state index is 10.4. The average molecular weight is 256 g/mol. The number of rotatable bonds is 4. The van der Waals surface area contributed by atoms with Crippen molar-refractivity contribution in [2.24, 2.45) is 5.92 Å². The SMILES string of the molecule is CCCc1[nH]c2cc(C#N)ccc2c1C(O)C(C)C. The average Bonchev–Trinajstić information content (AvgIpc) is 2.74. The maximum absolute atomic E-state index is 10.4. The van der Waals surface area contributed by atoms with Crippen LogP contribution in [0, 0.1) is 17.2 Å². The van der Waals surface area contributed by atoms with Gasteiger partial charge < -0.3 is 10.1 Å². The molecular weight excluding hydrogens is 236 g/mol. The van der Waals surface area contributed by atoms with Crippen molar-refractivity contribution in [1.29, 1.82) is 5.26 Å². The van der Waals surface area contributed by atoms with Crippen molar-refractivity contribution in [3.8, 4) is 6.07 Å². The minimum Gasteiger partial charge on any atom is -0.388 e. The fourth-order valence-electron chi connectivity index (χ4n) is 2.46. The molecule has 2 rings (SSSR count). The molecule has 0 fully saturated rings. The highest BCUT2D eigenvalue weighted by atomic mass is 16.3. The molecule has 0 bridgehead atoms. The lowest BCUT2D eigenvalue weighted by molar-refractivity contribution is 0.127. The summed E-state index contributed by atoms with van der Waals surface area (Å²) in [5, 5.41) is 20.4. The summed E-state index contributed by atoms with van der Waals surface area (Å²) in [6.45, 7) is 6.16. The summed E-state index contributed by atoms with van der Waals surface area (Å²) in [6, 6.07) is 7.74. The fourth-order valence-corrected chi connectivity index (χ4v) is 2.46. The third-order valence-electron chi connectivity index (χ3n) is 3.48. The van der Waals surface area contributed by atoms with Crippen molar-refractivity contribution in [1.82, 2.24) is 4.98 Å². The number of fused-ring (bicyclic) bond motifs is 1. The van der Waals surface area contributed by atoms with Crippen molar-refractivity contribution < 1.29 is 5.11 Å². The van der Waals surface area contributed by atoms with Crippen molar-refractivity contribution in [2.45, 2.75) is 39.7 Å². The summed E-state index contributed by atoms with van der Waals surface area (Å²) in [5.74, 6) is 0.172. The normalized spacial score (nSPS) is 12.8. The lowest BCUT2D eigenvalue weighted by Gasteiger charge is -2.16. The van der Waals surface area contributed by atoms with Crippen LogP contribution in [0.2, 0.25) is 0 Å². The predicted molar refractivity (Wildman–Crippen MR) is 76.8 cm³/mol. The van der Waals surface area contributed by atoms with Gasteiger partial charge in [0.25, 0.3) is 0 Å². The quantitative estimate of drug-likeness (QED) is 0.876. The van der Waals surface area contributed by atoms with Crippen LogP contribution in [0.4, 0.5) is 0 Å². The number of nitriles is 1. The minimum absolute atomic E-state index is 0.172. The highest BCUT2D eigenvalue weighted by molar-refractivity contribution is 5.86. The number of aliphatic hydroxyl groups is 1. The van der Waals surface area contributed by atoms with Crippen molar-refractivity contribution in [3.05, 3.63) is 35.0 Å². The van der Waals surface area contributed by atoms with E-state index in [-0.39, 0.29) is 5.92 Å². The van der Waals surface area contributed by atoms with Gasteiger partial charge in [-0.1, -0.05) is 33.3 Å². The first-order valence-electron chi connectivity index (χ1n) is 6.81. The molecule has 0 aliphatic heterocycles. The molecule has 3 heteroatoms. The molecule has 0 amide bonds. The van der Waals surface area contributed by atoms with E-state index in [1.165, 1.54) is 0 Å². The Balaban J connectivity index is 2.64. The number of benzene rings is 1. The summed E-state index contributed by atoms with van der Waals surface area (Å²) in [7, 11) is 0. The molecule has 1 heterocycles. The van der Waals surface area contributed by atoms with Gasteiger partial charge in [0.15, 0.2) is 0 Å².